The van der Waals surface area contributed by atoms with Gasteiger partial charge in [-0.25, -0.2) is 9.18 Å². The minimum absolute atomic E-state index is 0.0965. The average molecular weight is 338 g/mol. The van der Waals surface area contributed by atoms with Crippen LogP contribution in [-0.2, 0) is 25.7 Å². The highest BCUT2D eigenvalue weighted by atomic mass is 32.2. The van der Waals surface area contributed by atoms with Crippen molar-refractivity contribution < 1.29 is 23.5 Å². The van der Waals surface area contributed by atoms with Crippen LogP contribution in [0.2, 0.25) is 0 Å². The Bertz CT molecular complexity index is 651. The second kappa shape index (κ2) is 6.19. The lowest BCUT2D eigenvalue weighted by molar-refractivity contribution is -0.160. The molecule has 2 fully saturated rings. The molecule has 2 atom stereocenters. The zero-order valence-electron chi connectivity index (χ0n) is 12.4. The van der Waals surface area contributed by atoms with Crippen molar-refractivity contribution in [3.05, 3.63) is 35.6 Å². The first-order chi connectivity index (χ1) is 11.0. The third-order valence-corrected chi connectivity index (χ3v) is 5.14. The first kappa shape index (κ1) is 15.8. The van der Waals surface area contributed by atoms with Gasteiger partial charge in [0.1, 0.15) is 18.4 Å². The molecule has 2 heterocycles. The van der Waals surface area contributed by atoms with E-state index in [1.54, 1.807) is 12.1 Å². The van der Waals surface area contributed by atoms with Crippen LogP contribution in [0.1, 0.15) is 5.56 Å². The second-order valence-electron chi connectivity index (χ2n) is 5.35. The molecule has 3 rings (SSSR count). The minimum atomic E-state index is -0.755. The predicted octanol–water partition coefficient (Wildman–Crippen LogP) is 0.611. The fourth-order valence-corrected chi connectivity index (χ4v) is 4.09. The summed E-state index contributed by atoms with van der Waals surface area (Å²) in [6.45, 7) is 0.142. The zero-order valence-corrected chi connectivity index (χ0v) is 13.2. The van der Waals surface area contributed by atoms with Gasteiger partial charge in [0.25, 0.3) is 0 Å². The molecule has 2 saturated heterocycles. The number of benzene rings is 1. The molecule has 1 aromatic rings. The van der Waals surface area contributed by atoms with Crippen LogP contribution in [-0.4, -0.2) is 58.4 Å². The lowest BCUT2D eigenvalue weighted by Gasteiger charge is -2.37. The monoisotopic (exact) mass is 338 g/mol. The smallest absolute Gasteiger partial charge is 0.339 e. The topological polar surface area (TPSA) is 66.9 Å². The molecule has 0 N–H and O–H groups in total. The number of rotatable bonds is 3. The van der Waals surface area contributed by atoms with Crippen molar-refractivity contribution in [2.24, 2.45) is 0 Å². The number of hydrogen-bond acceptors (Lipinski definition) is 5. The molecule has 0 saturated carbocycles. The highest BCUT2D eigenvalue weighted by molar-refractivity contribution is 8.00. The van der Waals surface area contributed by atoms with Gasteiger partial charge in [0.05, 0.1) is 7.11 Å². The molecule has 0 radical (unpaired) electrons. The highest BCUT2D eigenvalue weighted by Crippen LogP contribution is 2.33. The number of nitrogens with zero attached hydrogens (tertiary/aromatic N) is 2. The molecule has 2 aliphatic rings. The number of methoxy groups -OCH3 is 1. The Balaban J connectivity index is 1.76. The maximum absolute atomic E-state index is 12.9. The molecule has 0 aromatic heterocycles. The van der Waals surface area contributed by atoms with Gasteiger partial charge in [0, 0.05) is 12.3 Å². The number of hydrogen-bond donors (Lipinski definition) is 0. The highest BCUT2D eigenvalue weighted by Gasteiger charge is 2.50. The minimum Gasteiger partial charge on any atom is -0.467 e. The summed E-state index contributed by atoms with van der Waals surface area (Å²) in [5.41, 5.74) is 0.746. The van der Waals surface area contributed by atoms with Crippen LogP contribution in [0.25, 0.3) is 0 Å². The van der Waals surface area contributed by atoms with Crippen molar-refractivity contribution in [1.29, 1.82) is 0 Å². The van der Waals surface area contributed by atoms with Crippen molar-refractivity contribution in [3.8, 4) is 0 Å². The molecule has 122 valence electrons. The summed E-state index contributed by atoms with van der Waals surface area (Å²) >= 11 is 1.23. The van der Waals surface area contributed by atoms with Crippen molar-refractivity contribution in [1.82, 2.24) is 9.80 Å². The first-order valence-corrected chi connectivity index (χ1v) is 8.10. The lowest BCUT2D eigenvalue weighted by Crippen LogP contribution is -2.60. The number of carbonyl (C=O) groups is 3. The van der Waals surface area contributed by atoms with Crippen LogP contribution < -0.4 is 0 Å². The van der Waals surface area contributed by atoms with Gasteiger partial charge in [0.2, 0.25) is 11.8 Å². The number of carbonyl (C=O) groups excluding carboxylic acids is 3. The largest absolute Gasteiger partial charge is 0.467 e. The van der Waals surface area contributed by atoms with E-state index in [0.717, 1.165) is 5.56 Å². The number of piperazine rings is 1. The van der Waals surface area contributed by atoms with Gasteiger partial charge >= 0.3 is 5.97 Å². The summed E-state index contributed by atoms with van der Waals surface area (Å²) in [5.74, 6) is -0.991. The Morgan fingerprint density at radius 3 is 2.70 bits per heavy atom. The molecule has 0 aliphatic carbocycles. The molecular formula is C15H15FN2O4S. The number of esters is 1. The van der Waals surface area contributed by atoms with E-state index in [-0.39, 0.29) is 30.7 Å². The number of fused-ring (bicyclic) bond motifs is 1. The Hall–Kier alpha value is -2.09. The zero-order chi connectivity index (χ0) is 16.6. The Labute approximate surface area is 136 Å². The maximum atomic E-state index is 12.9. The van der Waals surface area contributed by atoms with Gasteiger partial charge in [-0.2, -0.15) is 0 Å². The Kier molecular flexibility index (Phi) is 4.25. The molecule has 0 unspecified atom stereocenters. The lowest BCUT2D eigenvalue weighted by atomic mass is 10.1. The molecule has 8 heteroatoms. The first-order valence-electron chi connectivity index (χ1n) is 7.05. The average Bonchev–Trinajstić information content (AvgIpc) is 2.99. The van der Waals surface area contributed by atoms with Crippen LogP contribution in [0, 0.1) is 5.82 Å². The van der Waals surface area contributed by atoms with Crippen LogP contribution >= 0.6 is 11.8 Å². The van der Waals surface area contributed by atoms with Gasteiger partial charge < -0.3 is 14.5 Å². The van der Waals surface area contributed by atoms with Gasteiger partial charge in [-0.3, -0.25) is 9.59 Å². The van der Waals surface area contributed by atoms with Gasteiger partial charge in [-0.15, -0.1) is 11.8 Å². The predicted molar refractivity (Wildman–Crippen MR) is 80.7 cm³/mol. The number of thioether (sulfide) groups is 1. The van der Waals surface area contributed by atoms with Crippen LogP contribution in [0.3, 0.4) is 0 Å². The molecule has 2 aliphatic heterocycles. The Morgan fingerprint density at radius 1 is 1.35 bits per heavy atom. The van der Waals surface area contributed by atoms with E-state index < -0.39 is 17.4 Å². The van der Waals surface area contributed by atoms with Crippen LogP contribution in [0.4, 0.5) is 4.39 Å². The fraction of sp³-hybridized carbons (Fsp3) is 0.400. The van der Waals surface area contributed by atoms with Crippen LogP contribution in [0.5, 0.6) is 0 Å². The summed E-state index contributed by atoms with van der Waals surface area (Å²) < 4.78 is 17.6. The molecule has 0 bridgehead atoms. The number of amides is 2. The number of ether oxygens (including phenoxy) is 1. The van der Waals surface area contributed by atoms with Crippen molar-refractivity contribution in [3.63, 3.8) is 0 Å². The maximum Gasteiger partial charge on any atom is 0.339 e. The normalized spacial score (nSPS) is 23.9. The summed E-state index contributed by atoms with van der Waals surface area (Å²) in [6, 6.07) is 5.15. The van der Waals surface area contributed by atoms with E-state index in [1.165, 1.54) is 40.8 Å². The van der Waals surface area contributed by atoms with E-state index in [4.69, 9.17) is 0 Å². The third kappa shape index (κ3) is 2.90. The van der Waals surface area contributed by atoms with Gasteiger partial charge in [-0.05, 0) is 17.7 Å². The van der Waals surface area contributed by atoms with E-state index in [1.807, 2.05) is 0 Å². The SMILES string of the molecule is COC(=O)[C@@H]1SC[C@H]2C(=O)N(Cc3ccc(F)cc3)CC(=O)N21. The van der Waals surface area contributed by atoms with Crippen molar-refractivity contribution >= 4 is 29.5 Å². The third-order valence-electron chi connectivity index (χ3n) is 3.90. The van der Waals surface area contributed by atoms with E-state index in [0.29, 0.717) is 5.75 Å². The Morgan fingerprint density at radius 2 is 2.04 bits per heavy atom. The second-order valence-corrected chi connectivity index (χ2v) is 6.46. The summed E-state index contributed by atoms with van der Waals surface area (Å²) in [6.07, 6.45) is 0. The molecule has 6 nitrogen and oxygen atoms in total. The van der Waals surface area contributed by atoms with E-state index >= 15 is 0 Å². The summed E-state index contributed by atoms with van der Waals surface area (Å²) in [7, 11) is 1.26. The molecule has 2 amide bonds. The summed E-state index contributed by atoms with van der Waals surface area (Å²) in [5, 5.41) is -0.755. The quantitative estimate of drug-likeness (QED) is 0.756. The van der Waals surface area contributed by atoms with Gasteiger partial charge in [0.15, 0.2) is 5.37 Å². The molecule has 1 aromatic carbocycles. The molecule has 0 spiro atoms. The fourth-order valence-electron chi connectivity index (χ4n) is 2.76. The van der Waals surface area contributed by atoms with Crippen molar-refractivity contribution in [2.45, 2.75) is 18.0 Å². The standard InChI is InChI=1S/C15H15FN2O4S/c1-22-15(21)14-18-11(8-23-14)13(20)17(7-12(18)19)6-9-2-4-10(16)5-3-9/h2-5,11,14H,6-8H2,1H3/t11-,14-/m0/s1. The van der Waals surface area contributed by atoms with Crippen molar-refractivity contribution in [2.75, 3.05) is 19.4 Å². The van der Waals surface area contributed by atoms with E-state index in [2.05, 4.69) is 4.74 Å². The van der Waals surface area contributed by atoms with Gasteiger partial charge in [-0.1, -0.05) is 12.1 Å². The van der Waals surface area contributed by atoms with Crippen LogP contribution in [0.15, 0.2) is 24.3 Å². The number of halogens is 1. The molecular weight excluding hydrogens is 323 g/mol. The molecule has 23 heavy (non-hydrogen) atoms. The van der Waals surface area contributed by atoms with E-state index in [9.17, 15) is 18.8 Å². The summed E-state index contributed by atoms with van der Waals surface area (Å²) in [4.78, 5) is 39.4.